The molecule has 0 spiro atoms. The number of H-pyrrole nitrogens is 1. The van der Waals surface area contributed by atoms with Gasteiger partial charge in [-0.1, -0.05) is 57.9 Å². The van der Waals surface area contributed by atoms with Crippen molar-refractivity contribution < 1.29 is 4.79 Å². The molecule has 0 fully saturated rings. The molecule has 1 heterocycles. The van der Waals surface area contributed by atoms with Crippen molar-refractivity contribution in [2.24, 2.45) is 0 Å². The van der Waals surface area contributed by atoms with E-state index in [1.807, 2.05) is 68.4 Å². The molecule has 3 aromatic rings. The van der Waals surface area contributed by atoms with Gasteiger partial charge < -0.3 is 5.32 Å². The quantitative estimate of drug-likeness (QED) is 0.440. The van der Waals surface area contributed by atoms with Crippen molar-refractivity contribution in [3.8, 4) is 17.3 Å². The Bertz CT molecular complexity index is 1040. The van der Waals surface area contributed by atoms with Crippen molar-refractivity contribution >= 4 is 27.9 Å². The smallest absolute Gasteiger partial charge is 0.262 e. The molecule has 0 aliphatic carbocycles. The second-order valence-electron chi connectivity index (χ2n) is 6.48. The summed E-state index contributed by atoms with van der Waals surface area (Å²) >= 11 is 3.41. The van der Waals surface area contributed by atoms with Gasteiger partial charge in [0.1, 0.15) is 11.6 Å². The standard InChI is InChI=1S/C22H19BrN4O/c1-14-3-5-16(6-4-14)15(2)26-22(28)18(12-24)11-19-13-25-27-21(19)17-7-9-20(23)10-8-17/h3-11,13,15H,1-2H3,(H,25,27)(H,26,28)/b18-11-/t15-/m0/s1. The highest BCUT2D eigenvalue weighted by molar-refractivity contribution is 9.10. The van der Waals surface area contributed by atoms with E-state index < -0.39 is 5.91 Å². The van der Waals surface area contributed by atoms with E-state index >= 15 is 0 Å². The number of nitrogens with one attached hydrogen (secondary N) is 2. The number of hydrogen-bond donors (Lipinski definition) is 2. The maximum absolute atomic E-state index is 12.6. The molecular weight excluding hydrogens is 416 g/mol. The van der Waals surface area contributed by atoms with Crippen LogP contribution in [0.2, 0.25) is 0 Å². The van der Waals surface area contributed by atoms with Crippen molar-refractivity contribution in [3.63, 3.8) is 0 Å². The third-order valence-corrected chi connectivity index (χ3v) is 4.92. The fourth-order valence-electron chi connectivity index (χ4n) is 2.77. The Labute approximate surface area is 172 Å². The van der Waals surface area contributed by atoms with E-state index in [4.69, 9.17) is 0 Å². The summed E-state index contributed by atoms with van der Waals surface area (Å²) in [5.41, 5.74) is 4.50. The van der Waals surface area contributed by atoms with Gasteiger partial charge in [0.25, 0.3) is 5.91 Å². The number of benzene rings is 2. The van der Waals surface area contributed by atoms with Gasteiger partial charge in [0, 0.05) is 15.6 Å². The van der Waals surface area contributed by atoms with Gasteiger partial charge in [-0.05, 0) is 37.6 Å². The number of amides is 1. The second-order valence-corrected chi connectivity index (χ2v) is 7.40. The summed E-state index contributed by atoms with van der Waals surface area (Å²) in [5, 5.41) is 19.4. The summed E-state index contributed by atoms with van der Waals surface area (Å²) in [7, 11) is 0. The SMILES string of the molecule is Cc1ccc([C@H](C)NC(=O)/C(C#N)=C\c2cn[nH]c2-c2ccc(Br)cc2)cc1. The number of aromatic amines is 1. The molecule has 0 bridgehead atoms. The van der Waals surface area contributed by atoms with Crippen LogP contribution in [0.1, 0.15) is 29.7 Å². The zero-order valence-corrected chi connectivity index (χ0v) is 17.1. The van der Waals surface area contributed by atoms with Gasteiger partial charge in [0.05, 0.1) is 17.9 Å². The normalized spacial score (nSPS) is 12.3. The Morgan fingerprint density at radius 2 is 1.89 bits per heavy atom. The number of carbonyl (C=O) groups excluding carboxylic acids is 1. The Morgan fingerprint density at radius 3 is 2.54 bits per heavy atom. The average Bonchev–Trinajstić information content (AvgIpc) is 3.15. The number of aromatic nitrogens is 2. The van der Waals surface area contributed by atoms with Crippen LogP contribution in [0.15, 0.2) is 64.8 Å². The highest BCUT2D eigenvalue weighted by Crippen LogP contribution is 2.25. The van der Waals surface area contributed by atoms with Gasteiger partial charge >= 0.3 is 0 Å². The maximum atomic E-state index is 12.6. The molecule has 5 nitrogen and oxygen atoms in total. The summed E-state index contributed by atoms with van der Waals surface area (Å²) in [6.07, 6.45) is 3.16. The van der Waals surface area contributed by atoms with Gasteiger partial charge in [-0.3, -0.25) is 9.89 Å². The van der Waals surface area contributed by atoms with Gasteiger partial charge in [0.15, 0.2) is 0 Å². The molecule has 0 saturated heterocycles. The second kappa shape index (κ2) is 8.68. The fourth-order valence-corrected chi connectivity index (χ4v) is 3.03. The number of halogens is 1. The van der Waals surface area contributed by atoms with Crippen molar-refractivity contribution in [1.82, 2.24) is 15.5 Å². The van der Waals surface area contributed by atoms with Crippen LogP contribution in [-0.4, -0.2) is 16.1 Å². The molecule has 6 heteroatoms. The highest BCUT2D eigenvalue weighted by atomic mass is 79.9. The summed E-state index contributed by atoms with van der Waals surface area (Å²) < 4.78 is 0.968. The van der Waals surface area contributed by atoms with Crippen molar-refractivity contribution in [3.05, 3.63) is 81.5 Å². The van der Waals surface area contributed by atoms with Gasteiger partial charge in [-0.25, -0.2) is 0 Å². The minimum atomic E-state index is -0.418. The number of hydrogen-bond acceptors (Lipinski definition) is 3. The molecule has 2 N–H and O–H groups in total. The van der Waals surface area contributed by atoms with Crippen LogP contribution >= 0.6 is 15.9 Å². The summed E-state index contributed by atoms with van der Waals surface area (Å²) in [5.74, 6) is -0.418. The molecule has 28 heavy (non-hydrogen) atoms. The Morgan fingerprint density at radius 1 is 1.21 bits per heavy atom. The van der Waals surface area contributed by atoms with E-state index in [2.05, 4.69) is 31.4 Å². The van der Waals surface area contributed by atoms with Crippen molar-refractivity contribution in [2.75, 3.05) is 0 Å². The topological polar surface area (TPSA) is 81.6 Å². The van der Waals surface area contributed by atoms with E-state index in [-0.39, 0.29) is 11.6 Å². The molecule has 0 saturated carbocycles. The number of aryl methyl sites for hydroxylation is 1. The molecule has 0 radical (unpaired) electrons. The molecule has 140 valence electrons. The molecule has 1 amide bonds. The first-order valence-corrected chi connectivity index (χ1v) is 9.55. The Hall–Kier alpha value is -3.17. The first-order chi connectivity index (χ1) is 13.5. The van der Waals surface area contributed by atoms with Crippen LogP contribution in [0.3, 0.4) is 0 Å². The lowest BCUT2D eigenvalue weighted by Gasteiger charge is -2.14. The third kappa shape index (κ3) is 4.56. The third-order valence-electron chi connectivity index (χ3n) is 4.39. The number of carbonyl (C=O) groups is 1. The molecule has 0 aliphatic heterocycles. The summed E-state index contributed by atoms with van der Waals surface area (Å²) in [4.78, 5) is 12.6. The minimum absolute atomic E-state index is 0.0266. The van der Waals surface area contributed by atoms with Crippen LogP contribution in [0.5, 0.6) is 0 Å². The summed E-state index contributed by atoms with van der Waals surface area (Å²) in [6, 6.07) is 17.4. The average molecular weight is 435 g/mol. The van der Waals surface area contributed by atoms with E-state index in [0.717, 1.165) is 26.9 Å². The maximum Gasteiger partial charge on any atom is 0.262 e. The van der Waals surface area contributed by atoms with Crippen LogP contribution in [0.4, 0.5) is 0 Å². The van der Waals surface area contributed by atoms with Crippen molar-refractivity contribution in [2.45, 2.75) is 19.9 Å². The van der Waals surface area contributed by atoms with E-state index in [1.54, 1.807) is 12.3 Å². The molecule has 0 unspecified atom stereocenters. The van der Waals surface area contributed by atoms with Gasteiger partial charge in [-0.15, -0.1) is 0 Å². The van der Waals surface area contributed by atoms with Crippen LogP contribution in [0, 0.1) is 18.3 Å². The lowest BCUT2D eigenvalue weighted by molar-refractivity contribution is -0.117. The lowest BCUT2D eigenvalue weighted by Crippen LogP contribution is -2.27. The highest BCUT2D eigenvalue weighted by Gasteiger charge is 2.15. The summed E-state index contributed by atoms with van der Waals surface area (Å²) in [6.45, 7) is 3.90. The van der Waals surface area contributed by atoms with Crippen molar-refractivity contribution in [1.29, 1.82) is 5.26 Å². The molecule has 2 aromatic carbocycles. The van der Waals surface area contributed by atoms with E-state index in [9.17, 15) is 10.1 Å². The first kappa shape index (κ1) is 19.6. The first-order valence-electron chi connectivity index (χ1n) is 8.76. The Kier molecular flexibility index (Phi) is 6.07. The predicted molar refractivity (Wildman–Crippen MR) is 113 cm³/mol. The molecule has 0 aliphatic rings. The predicted octanol–water partition coefficient (Wildman–Crippen LogP) is 4.93. The minimum Gasteiger partial charge on any atom is -0.345 e. The molecular formula is C22H19BrN4O. The van der Waals surface area contributed by atoms with E-state index in [0.29, 0.717) is 5.56 Å². The van der Waals surface area contributed by atoms with E-state index in [1.165, 1.54) is 0 Å². The molecule has 1 aromatic heterocycles. The molecule has 1 atom stereocenters. The number of rotatable bonds is 5. The zero-order valence-electron chi connectivity index (χ0n) is 15.5. The monoisotopic (exact) mass is 434 g/mol. The number of nitriles is 1. The van der Waals surface area contributed by atoms with Crippen LogP contribution in [0.25, 0.3) is 17.3 Å². The van der Waals surface area contributed by atoms with Gasteiger partial charge in [0.2, 0.25) is 0 Å². The lowest BCUT2D eigenvalue weighted by atomic mass is 10.0. The Balaban J connectivity index is 1.81. The largest absolute Gasteiger partial charge is 0.345 e. The molecule has 3 rings (SSSR count). The van der Waals surface area contributed by atoms with Gasteiger partial charge in [-0.2, -0.15) is 10.4 Å². The number of nitrogens with zero attached hydrogens (tertiary/aromatic N) is 2. The van der Waals surface area contributed by atoms with Crippen LogP contribution in [-0.2, 0) is 4.79 Å². The zero-order chi connectivity index (χ0) is 20.1. The van der Waals surface area contributed by atoms with Crippen LogP contribution < -0.4 is 5.32 Å². The fraction of sp³-hybridized carbons (Fsp3) is 0.136.